The summed E-state index contributed by atoms with van der Waals surface area (Å²) in [7, 11) is -4.06. The molecule has 1 N–H and O–H groups in total. The molecule has 0 unspecified atom stereocenters. The number of carbonyl (C=O) groups is 2. The van der Waals surface area contributed by atoms with E-state index in [4.69, 9.17) is 23.2 Å². The minimum absolute atomic E-state index is 0.0162. The maximum atomic E-state index is 13.7. The van der Waals surface area contributed by atoms with Crippen LogP contribution < -0.4 is 9.62 Å². The molecule has 0 heterocycles. The van der Waals surface area contributed by atoms with Crippen molar-refractivity contribution in [2.75, 3.05) is 17.1 Å². The Balaban J connectivity index is 2.54. The Kier molecular flexibility index (Phi) is 10.3. The van der Waals surface area contributed by atoms with Crippen molar-refractivity contribution in [3.63, 3.8) is 0 Å². The van der Waals surface area contributed by atoms with Crippen molar-refractivity contribution >= 4 is 56.4 Å². The zero-order valence-corrected chi connectivity index (χ0v) is 23.5. The molecule has 13 heteroatoms. The molecule has 2 aromatic rings. The summed E-state index contributed by atoms with van der Waals surface area (Å²) in [6.45, 7) is 5.93. The van der Waals surface area contributed by atoms with E-state index in [1.54, 1.807) is 25.1 Å². The first-order valence-electron chi connectivity index (χ1n) is 11.4. The van der Waals surface area contributed by atoms with Gasteiger partial charge in [-0.2, -0.15) is 0 Å². The fraction of sp³-hybridized carbons (Fsp3) is 0.417. The fourth-order valence-corrected chi connectivity index (χ4v) is 4.89. The lowest BCUT2D eigenvalue weighted by Gasteiger charge is -2.32. The van der Waals surface area contributed by atoms with Crippen LogP contribution in [0.25, 0.3) is 0 Å². The highest BCUT2D eigenvalue weighted by Crippen LogP contribution is 2.29. The standard InChI is InChI=1S/C24H30Cl2N4O6S/c1-6-16(3)27-24(32)17(4)28(13-19-20(25)8-7-9-21(19)26)23(31)14-29(37(5,35)36)22-12-18(30(33)34)11-10-15(22)2/h7-12,16-17H,6,13-14H2,1-5H3,(H,27,32)/t16-,17+/m1/s1. The highest BCUT2D eigenvalue weighted by Gasteiger charge is 2.32. The van der Waals surface area contributed by atoms with Gasteiger partial charge in [0.15, 0.2) is 0 Å². The Morgan fingerprint density at radius 2 is 1.73 bits per heavy atom. The number of carbonyl (C=O) groups excluding carboxylic acids is 2. The summed E-state index contributed by atoms with van der Waals surface area (Å²) in [5.41, 5.74) is 0.451. The molecule has 0 aliphatic carbocycles. The van der Waals surface area contributed by atoms with Gasteiger partial charge in [0.05, 0.1) is 16.9 Å². The normalized spacial score (nSPS) is 12.9. The van der Waals surface area contributed by atoms with Crippen molar-refractivity contribution in [3.05, 3.63) is 67.7 Å². The van der Waals surface area contributed by atoms with Crippen molar-refractivity contribution in [2.45, 2.75) is 52.7 Å². The summed E-state index contributed by atoms with van der Waals surface area (Å²) >= 11 is 12.6. The van der Waals surface area contributed by atoms with Crippen LogP contribution in [-0.4, -0.2) is 54.9 Å². The first-order chi connectivity index (χ1) is 17.2. The number of hydrogen-bond acceptors (Lipinski definition) is 6. The van der Waals surface area contributed by atoms with Crippen molar-refractivity contribution in [1.29, 1.82) is 0 Å². The molecule has 2 amide bonds. The van der Waals surface area contributed by atoms with Gasteiger partial charge in [-0.3, -0.25) is 24.0 Å². The molecule has 2 atom stereocenters. The van der Waals surface area contributed by atoms with Gasteiger partial charge < -0.3 is 10.2 Å². The molecule has 0 spiro atoms. The van der Waals surface area contributed by atoms with E-state index in [2.05, 4.69) is 5.32 Å². The topological polar surface area (TPSA) is 130 Å². The summed E-state index contributed by atoms with van der Waals surface area (Å²) in [5.74, 6) is -1.16. The number of benzene rings is 2. The lowest BCUT2D eigenvalue weighted by molar-refractivity contribution is -0.384. The van der Waals surface area contributed by atoms with E-state index in [0.717, 1.165) is 16.6 Å². The molecule has 2 rings (SSSR count). The van der Waals surface area contributed by atoms with Crippen LogP contribution in [0, 0.1) is 17.0 Å². The van der Waals surface area contributed by atoms with Crippen molar-refractivity contribution in [2.24, 2.45) is 0 Å². The highest BCUT2D eigenvalue weighted by molar-refractivity contribution is 7.92. The first kappa shape index (κ1) is 30.3. The molecule has 0 aliphatic heterocycles. The van der Waals surface area contributed by atoms with Gasteiger partial charge in [0.1, 0.15) is 12.6 Å². The number of non-ortho nitro benzene ring substituents is 1. The number of anilines is 1. The summed E-state index contributed by atoms with van der Waals surface area (Å²) in [6, 6.07) is 7.38. The number of rotatable bonds is 11. The summed E-state index contributed by atoms with van der Waals surface area (Å²) < 4.78 is 26.3. The molecular formula is C24H30Cl2N4O6S. The van der Waals surface area contributed by atoms with Gasteiger partial charge in [-0.1, -0.05) is 42.3 Å². The van der Waals surface area contributed by atoms with Crippen LogP contribution in [0.2, 0.25) is 10.0 Å². The van der Waals surface area contributed by atoms with Crippen LogP contribution in [0.15, 0.2) is 36.4 Å². The number of nitro benzene ring substituents is 1. The third-order valence-corrected chi connectivity index (χ3v) is 7.74. The number of amides is 2. The number of nitro groups is 1. The van der Waals surface area contributed by atoms with E-state index in [0.29, 0.717) is 17.5 Å². The minimum Gasteiger partial charge on any atom is -0.352 e. The van der Waals surface area contributed by atoms with E-state index in [-0.39, 0.29) is 34.0 Å². The van der Waals surface area contributed by atoms with Gasteiger partial charge in [-0.25, -0.2) is 8.42 Å². The molecule has 0 saturated carbocycles. The second kappa shape index (κ2) is 12.6. The summed E-state index contributed by atoms with van der Waals surface area (Å²) in [5, 5.41) is 14.7. The molecule has 0 saturated heterocycles. The predicted molar refractivity (Wildman–Crippen MR) is 144 cm³/mol. The van der Waals surface area contributed by atoms with E-state index >= 15 is 0 Å². The SMILES string of the molecule is CC[C@@H](C)NC(=O)[C@H](C)N(Cc1c(Cl)cccc1Cl)C(=O)CN(c1cc([N+](=O)[O-])ccc1C)S(C)(=O)=O. The molecule has 37 heavy (non-hydrogen) atoms. The van der Waals surface area contributed by atoms with Gasteiger partial charge in [-0.15, -0.1) is 0 Å². The monoisotopic (exact) mass is 572 g/mol. The largest absolute Gasteiger partial charge is 0.352 e. The van der Waals surface area contributed by atoms with Gasteiger partial charge in [0.2, 0.25) is 21.8 Å². The summed E-state index contributed by atoms with van der Waals surface area (Å²) in [4.78, 5) is 38.5. The van der Waals surface area contributed by atoms with E-state index in [1.165, 1.54) is 24.0 Å². The number of hydrogen-bond donors (Lipinski definition) is 1. The van der Waals surface area contributed by atoms with Crippen LogP contribution in [0.5, 0.6) is 0 Å². The van der Waals surface area contributed by atoms with Crippen LogP contribution in [0.4, 0.5) is 11.4 Å². The second-order valence-corrected chi connectivity index (χ2v) is 11.4. The molecule has 0 radical (unpaired) electrons. The van der Waals surface area contributed by atoms with Crippen LogP contribution >= 0.6 is 23.2 Å². The number of halogens is 2. The molecule has 0 bridgehead atoms. The molecule has 202 valence electrons. The lowest BCUT2D eigenvalue weighted by Crippen LogP contribution is -2.52. The maximum absolute atomic E-state index is 13.7. The average Bonchev–Trinajstić information content (AvgIpc) is 2.81. The van der Waals surface area contributed by atoms with E-state index < -0.39 is 39.3 Å². The van der Waals surface area contributed by atoms with Gasteiger partial charge in [-0.05, 0) is 44.9 Å². The number of nitrogens with one attached hydrogen (secondary N) is 1. The Morgan fingerprint density at radius 3 is 2.24 bits per heavy atom. The average molecular weight is 573 g/mol. The van der Waals surface area contributed by atoms with Gasteiger partial charge in [0.25, 0.3) is 5.69 Å². The van der Waals surface area contributed by atoms with Crippen molar-refractivity contribution in [1.82, 2.24) is 10.2 Å². The molecule has 0 fully saturated rings. The Bertz CT molecular complexity index is 1270. The third-order valence-electron chi connectivity index (χ3n) is 5.91. The Labute approximate surface area is 226 Å². The van der Waals surface area contributed by atoms with Crippen LogP contribution in [0.1, 0.15) is 38.3 Å². The van der Waals surface area contributed by atoms with Gasteiger partial charge >= 0.3 is 0 Å². The maximum Gasteiger partial charge on any atom is 0.271 e. The molecule has 10 nitrogen and oxygen atoms in total. The Morgan fingerprint density at radius 1 is 1.14 bits per heavy atom. The smallest absolute Gasteiger partial charge is 0.271 e. The molecule has 0 aromatic heterocycles. The van der Waals surface area contributed by atoms with E-state index in [9.17, 15) is 28.1 Å². The zero-order valence-electron chi connectivity index (χ0n) is 21.2. The van der Waals surface area contributed by atoms with Crippen LogP contribution in [-0.2, 0) is 26.2 Å². The minimum atomic E-state index is -4.06. The second-order valence-electron chi connectivity index (χ2n) is 8.71. The number of sulfonamides is 1. The van der Waals surface area contributed by atoms with Crippen LogP contribution in [0.3, 0.4) is 0 Å². The van der Waals surface area contributed by atoms with Crippen molar-refractivity contribution in [3.8, 4) is 0 Å². The Hall–Kier alpha value is -2.89. The summed E-state index contributed by atoms with van der Waals surface area (Å²) in [6.07, 6.45) is 1.56. The fourth-order valence-electron chi connectivity index (χ4n) is 3.48. The highest BCUT2D eigenvalue weighted by atomic mass is 35.5. The predicted octanol–water partition coefficient (Wildman–Crippen LogP) is 4.31. The zero-order chi connectivity index (χ0) is 28.1. The first-order valence-corrected chi connectivity index (χ1v) is 14.0. The van der Waals surface area contributed by atoms with Gasteiger partial charge in [0, 0.05) is 40.3 Å². The third kappa shape index (κ3) is 7.80. The quantitative estimate of drug-likeness (QED) is 0.315. The number of aryl methyl sites for hydroxylation is 1. The molecular weight excluding hydrogens is 543 g/mol. The number of nitrogens with zero attached hydrogens (tertiary/aromatic N) is 3. The molecule has 2 aromatic carbocycles. The molecule has 0 aliphatic rings. The van der Waals surface area contributed by atoms with E-state index in [1.807, 2.05) is 13.8 Å². The lowest BCUT2D eigenvalue weighted by atomic mass is 10.1. The van der Waals surface area contributed by atoms with Crippen molar-refractivity contribution < 1.29 is 22.9 Å².